The van der Waals surface area contributed by atoms with E-state index in [-0.39, 0.29) is 23.8 Å². The van der Waals surface area contributed by atoms with E-state index in [9.17, 15) is 9.18 Å². The summed E-state index contributed by atoms with van der Waals surface area (Å²) in [4.78, 5) is 21.8. The Bertz CT molecular complexity index is 640. The second-order valence-corrected chi connectivity index (χ2v) is 4.80. The lowest BCUT2D eigenvalue weighted by Crippen LogP contribution is -2.33. The SMILES string of the molecule is O=C(CNc1ncnc2c(F)cccc12)N1CCCC1. The molecular weight excluding hydrogens is 259 g/mol. The first-order chi connectivity index (χ1) is 9.75. The van der Waals surface area contributed by atoms with Gasteiger partial charge in [0.1, 0.15) is 23.5 Å². The predicted molar refractivity (Wildman–Crippen MR) is 73.8 cm³/mol. The van der Waals surface area contributed by atoms with Crippen LogP contribution in [-0.4, -0.2) is 40.4 Å². The number of amides is 1. The van der Waals surface area contributed by atoms with Gasteiger partial charge in [0.25, 0.3) is 0 Å². The number of para-hydroxylation sites is 1. The zero-order chi connectivity index (χ0) is 13.9. The number of aromatic nitrogens is 2. The Kier molecular flexibility index (Phi) is 3.45. The smallest absolute Gasteiger partial charge is 0.241 e. The molecule has 0 spiro atoms. The van der Waals surface area contributed by atoms with Crippen molar-refractivity contribution >= 4 is 22.6 Å². The van der Waals surface area contributed by atoms with E-state index in [2.05, 4.69) is 15.3 Å². The second-order valence-electron chi connectivity index (χ2n) is 4.80. The van der Waals surface area contributed by atoms with Gasteiger partial charge in [0.15, 0.2) is 0 Å². The monoisotopic (exact) mass is 274 g/mol. The normalized spacial score (nSPS) is 14.8. The third kappa shape index (κ3) is 2.41. The summed E-state index contributed by atoms with van der Waals surface area (Å²) in [6.45, 7) is 1.81. The molecule has 0 bridgehead atoms. The van der Waals surface area contributed by atoms with Crippen LogP contribution in [-0.2, 0) is 4.79 Å². The minimum atomic E-state index is -0.390. The topological polar surface area (TPSA) is 58.1 Å². The zero-order valence-corrected chi connectivity index (χ0v) is 11.0. The largest absolute Gasteiger partial charge is 0.360 e. The third-order valence-corrected chi connectivity index (χ3v) is 3.48. The number of rotatable bonds is 3. The van der Waals surface area contributed by atoms with Gasteiger partial charge < -0.3 is 10.2 Å². The maximum absolute atomic E-state index is 13.6. The van der Waals surface area contributed by atoms with Crippen LogP contribution in [0.1, 0.15) is 12.8 Å². The highest BCUT2D eigenvalue weighted by molar-refractivity contribution is 5.91. The van der Waals surface area contributed by atoms with Crippen LogP contribution in [0.4, 0.5) is 10.2 Å². The molecule has 1 aromatic heterocycles. The summed E-state index contributed by atoms with van der Waals surface area (Å²) < 4.78 is 13.6. The number of anilines is 1. The Morgan fingerprint density at radius 1 is 1.30 bits per heavy atom. The van der Waals surface area contributed by atoms with Crippen LogP contribution in [0.3, 0.4) is 0 Å². The molecule has 0 unspecified atom stereocenters. The maximum atomic E-state index is 13.6. The van der Waals surface area contributed by atoms with Gasteiger partial charge in [-0.05, 0) is 25.0 Å². The highest BCUT2D eigenvalue weighted by Gasteiger charge is 2.17. The van der Waals surface area contributed by atoms with Crippen molar-refractivity contribution in [2.75, 3.05) is 25.0 Å². The van der Waals surface area contributed by atoms with Crippen molar-refractivity contribution in [1.29, 1.82) is 0 Å². The van der Waals surface area contributed by atoms with Crippen molar-refractivity contribution in [3.63, 3.8) is 0 Å². The average Bonchev–Trinajstić information content (AvgIpc) is 2.99. The first kappa shape index (κ1) is 12.8. The molecule has 1 aliphatic rings. The second kappa shape index (κ2) is 5.40. The fraction of sp³-hybridized carbons (Fsp3) is 0.357. The number of carbonyl (C=O) groups is 1. The van der Waals surface area contributed by atoms with Crippen LogP contribution in [0.15, 0.2) is 24.5 Å². The van der Waals surface area contributed by atoms with Crippen molar-refractivity contribution in [2.24, 2.45) is 0 Å². The molecular formula is C14H15FN4O. The van der Waals surface area contributed by atoms with E-state index in [0.29, 0.717) is 11.2 Å². The van der Waals surface area contributed by atoms with Crippen LogP contribution in [0.5, 0.6) is 0 Å². The van der Waals surface area contributed by atoms with Crippen LogP contribution >= 0.6 is 0 Å². The summed E-state index contributed by atoms with van der Waals surface area (Å²) in [5, 5.41) is 3.57. The van der Waals surface area contributed by atoms with Gasteiger partial charge in [-0.3, -0.25) is 4.79 Å². The molecule has 0 aliphatic carbocycles. The molecule has 1 amide bonds. The van der Waals surface area contributed by atoms with E-state index in [4.69, 9.17) is 0 Å². The van der Waals surface area contributed by atoms with Crippen LogP contribution in [0.2, 0.25) is 0 Å². The molecule has 3 rings (SSSR count). The summed E-state index contributed by atoms with van der Waals surface area (Å²) in [6, 6.07) is 4.70. The van der Waals surface area contributed by atoms with E-state index in [0.717, 1.165) is 25.9 Å². The Balaban J connectivity index is 1.77. The summed E-state index contributed by atoms with van der Waals surface area (Å²) in [5.74, 6) is 0.145. The number of fused-ring (bicyclic) bond motifs is 1. The van der Waals surface area contributed by atoms with E-state index in [1.54, 1.807) is 12.1 Å². The van der Waals surface area contributed by atoms with E-state index in [1.807, 2.05) is 4.90 Å². The molecule has 104 valence electrons. The van der Waals surface area contributed by atoms with Crippen molar-refractivity contribution in [3.05, 3.63) is 30.3 Å². The standard InChI is InChI=1S/C14H15FN4O/c15-11-5-3-4-10-13(11)17-9-18-14(10)16-8-12(20)19-6-1-2-7-19/h3-5,9H,1-2,6-8H2,(H,16,17,18). The van der Waals surface area contributed by atoms with Gasteiger partial charge in [0.2, 0.25) is 5.91 Å². The Labute approximate surface area is 115 Å². The molecule has 1 fully saturated rings. The third-order valence-electron chi connectivity index (χ3n) is 3.48. The Hall–Kier alpha value is -2.24. The lowest BCUT2D eigenvalue weighted by atomic mass is 10.2. The lowest BCUT2D eigenvalue weighted by Gasteiger charge is -2.16. The Morgan fingerprint density at radius 2 is 2.10 bits per heavy atom. The van der Waals surface area contributed by atoms with Crippen LogP contribution in [0.25, 0.3) is 10.9 Å². The van der Waals surface area contributed by atoms with Gasteiger partial charge >= 0.3 is 0 Å². The molecule has 1 N–H and O–H groups in total. The number of nitrogens with one attached hydrogen (secondary N) is 1. The molecule has 2 aromatic rings. The molecule has 1 aromatic carbocycles. The lowest BCUT2D eigenvalue weighted by molar-refractivity contribution is -0.128. The van der Waals surface area contributed by atoms with Crippen LogP contribution < -0.4 is 5.32 Å². The van der Waals surface area contributed by atoms with E-state index >= 15 is 0 Å². The van der Waals surface area contributed by atoms with Crippen molar-refractivity contribution < 1.29 is 9.18 Å². The minimum absolute atomic E-state index is 0.0469. The molecule has 0 saturated carbocycles. The van der Waals surface area contributed by atoms with Crippen molar-refractivity contribution in [3.8, 4) is 0 Å². The number of nitrogens with zero attached hydrogens (tertiary/aromatic N) is 3. The van der Waals surface area contributed by atoms with Crippen molar-refractivity contribution in [1.82, 2.24) is 14.9 Å². The predicted octanol–water partition coefficient (Wildman–Crippen LogP) is 1.80. The minimum Gasteiger partial charge on any atom is -0.360 e. The number of carbonyl (C=O) groups excluding carboxylic acids is 1. The summed E-state index contributed by atoms with van der Waals surface area (Å²) in [7, 11) is 0. The molecule has 20 heavy (non-hydrogen) atoms. The van der Waals surface area contributed by atoms with Gasteiger partial charge in [0, 0.05) is 18.5 Å². The molecule has 2 heterocycles. The first-order valence-electron chi connectivity index (χ1n) is 6.66. The summed E-state index contributed by atoms with van der Waals surface area (Å²) in [6.07, 6.45) is 3.43. The number of hydrogen-bond donors (Lipinski definition) is 1. The molecule has 0 atom stereocenters. The van der Waals surface area contributed by atoms with E-state index < -0.39 is 0 Å². The number of halogens is 1. The molecule has 6 heteroatoms. The van der Waals surface area contributed by atoms with E-state index in [1.165, 1.54) is 12.4 Å². The van der Waals surface area contributed by atoms with Gasteiger partial charge in [-0.2, -0.15) is 0 Å². The summed E-state index contributed by atoms with van der Waals surface area (Å²) in [5.41, 5.74) is 0.263. The molecule has 5 nitrogen and oxygen atoms in total. The fourth-order valence-electron chi connectivity index (χ4n) is 2.43. The fourth-order valence-corrected chi connectivity index (χ4v) is 2.43. The quantitative estimate of drug-likeness (QED) is 0.927. The highest BCUT2D eigenvalue weighted by Crippen LogP contribution is 2.21. The number of benzene rings is 1. The molecule has 1 saturated heterocycles. The molecule has 1 aliphatic heterocycles. The zero-order valence-electron chi connectivity index (χ0n) is 11.0. The van der Waals surface area contributed by atoms with Gasteiger partial charge in [0.05, 0.1) is 6.54 Å². The van der Waals surface area contributed by atoms with Gasteiger partial charge in [-0.15, -0.1) is 0 Å². The number of likely N-dealkylation sites (tertiary alicyclic amines) is 1. The van der Waals surface area contributed by atoms with Crippen LogP contribution in [0, 0.1) is 5.82 Å². The molecule has 0 radical (unpaired) electrons. The average molecular weight is 274 g/mol. The number of hydrogen-bond acceptors (Lipinski definition) is 4. The van der Waals surface area contributed by atoms with Gasteiger partial charge in [-0.1, -0.05) is 6.07 Å². The highest BCUT2D eigenvalue weighted by atomic mass is 19.1. The van der Waals surface area contributed by atoms with Crippen molar-refractivity contribution in [2.45, 2.75) is 12.8 Å². The van der Waals surface area contributed by atoms with Gasteiger partial charge in [-0.25, -0.2) is 14.4 Å². The summed E-state index contributed by atoms with van der Waals surface area (Å²) >= 11 is 0. The maximum Gasteiger partial charge on any atom is 0.241 e. The first-order valence-corrected chi connectivity index (χ1v) is 6.66. The Morgan fingerprint density at radius 3 is 2.90 bits per heavy atom.